The number of ether oxygens (including phenoxy) is 1. The predicted octanol–water partition coefficient (Wildman–Crippen LogP) is 2.50. The van der Waals surface area contributed by atoms with E-state index in [-0.39, 0.29) is 12.2 Å². The van der Waals surface area contributed by atoms with E-state index >= 15 is 0 Å². The number of Topliss-reactive ketones (excluding diaryl/α,β-unsaturated/α-hetero) is 1. The van der Waals surface area contributed by atoms with Crippen LogP contribution in [0, 0.1) is 17.2 Å². The second kappa shape index (κ2) is 6.06. The summed E-state index contributed by atoms with van der Waals surface area (Å²) in [5, 5.41) is 9.11. The fraction of sp³-hybridized carbons (Fsp3) is 0.357. The van der Waals surface area contributed by atoms with Gasteiger partial charge in [0.05, 0.1) is 37.1 Å². The zero-order valence-electron chi connectivity index (χ0n) is 10.9. The second-order valence-electron chi connectivity index (χ2n) is 4.43. The van der Waals surface area contributed by atoms with Crippen molar-refractivity contribution in [2.45, 2.75) is 6.18 Å². The fourth-order valence-corrected chi connectivity index (χ4v) is 1.93. The summed E-state index contributed by atoms with van der Waals surface area (Å²) in [6.07, 6.45) is -4.46. The highest BCUT2D eigenvalue weighted by Gasteiger charge is 2.31. The fourth-order valence-electron chi connectivity index (χ4n) is 1.93. The van der Waals surface area contributed by atoms with E-state index in [1.165, 1.54) is 0 Å². The van der Waals surface area contributed by atoms with Crippen LogP contribution in [-0.2, 0) is 10.9 Å². The van der Waals surface area contributed by atoms with E-state index in [2.05, 4.69) is 4.99 Å². The number of nitrogens with zero attached hydrogens (tertiary/aromatic N) is 2. The molecule has 1 aliphatic heterocycles. The number of halogens is 3. The Labute approximate surface area is 118 Å². The molecule has 0 aliphatic carbocycles. The minimum Gasteiger partial charge on any atom is -0.374 e. The molecule has 0 fully saturated rings. The molecule has 0 spiro atoms. The third-order valence-electron chi connectivity index (χ3n) is 3.02. The summed E-state index contributed by atoms with van der Waals surface area (Å²) in [6, 6.07) is 5.61. The van der Waals surface area contributed by atoms with Gasteiger partial charge in [0.1, 0.15) is 5.92 Å². The largest absolute Gasteiger partial charge is 0.416 e. The molecule has 0 amide bonds. The molecule has 0 radical (unpaired) electrons. The van der Waals surface area contributed by atoms with Crippen LogP contribution in [0.4, 0.5) is 13.2 Å². The maximum absolute atomic E-state index is 12.5. The Morgan fingerprint density at radius 2 is 2.00 bits per heavy atom. The Hall–Kier alpha value is -2.20. The molecule has 110 valence electrons. The number of aliphatic imine (C=N–C) groups is 1. The van der Waals surface area contributed by atoms with E-state index in [1.54, 1.807) is 0 Å². The van der Waals surface area contributed by atoms with E-state index in [0.717, 1.165) is 24.3 Å². The van der Waals surface area contributed by atoms with Gasteiger partial charge in [0.15, 0.2) is 5.78 Å². The molecule has 0 saturated carbocycles. The number of hydrogen-bond donors (Lipinski definition) is 0. The molecular weight excluding hydrogens is 285 g/mol. The number of rotatable bonds is 3. The number of alkyl halides is 3. The van der Waals surface area contributed by atoms with Crippen molar-refractivity contribution in [1.29, 1.82) is 5.26 Å². The smallest absolute Gasteiger partial charge is 0.374 e. The first-order chi connectivity index (χ1) is 9.93. The van der Waals surface area contributed by atoms with Crippen molar-refractivity contribution in [3.8, 4) is 6.07 Å². The van der Waals surface area contributed by atoms with Gasteiger partial charge in [0.25, 0.3) is 0 Å². The highest BCUT2D eigenvalue weighted by molar-refractivity contribution is 6.14. The second-order valence-corrected chi connectivity index (χ2v) is 4.43. The summed E-state index contributed by atoms with van der Waals surface area (Å²) in [6.45, 7) is 0.883. The van der Waals surface area contributed by atoms with E-state index < -0.39 is 23.4 Å². The number of hydrogen-bond acceptors (Lipinski definition) is 4. The summed E-state index contributed by atoms with van der Waals surface area (Å²) in [4.78, 5) is 16.3. The van der Waals surface area contributed by atoms with Crippen molar-refractivity contribution in [1.82, 2.24) is 0 Å². The van der Waals surface area contributed by atoms with Crippen molar-refractivity contribution in [3.63, 3.8) is 0 Å². The number of carbonyl (C=O) groups is 1. The zero-order chi connectivity index (χ0) is 15.5. The maximum atomic E-state index is 12.5. The first-order valence-electron chi connectivity index (χ1n) is 6.15. The van der Waals surface area contributed by atoms with Crippen molar-refractivity contribution >= 4 is 11.5 Å². The summed E-state index contributed by atoms with van der Waals surface area (Å²) < 4.78 is 42.5. The van der Waals surface area contributed by atoms with Gasteiger partial charge < -0.3 is 4.74 Å². The van der Waals surface area contributed by atoms with Crippen LogP contribution in [0.2, 0.25) is 0 Å². The molecule has 4 nitrogen and oxygen atoms in total. The van der Waals surface area contributed by atoms with E-state index in [4.69, 9.17) is 10.00 Å². The minimum absolute atomic E-state index is 0.0443. The van der Waals surface area contributed by atoms with Crippen LogP contribution in [0.15, 0.2) is 29.3 Å². The summed E-state index contributed by atoms with van der Waals surface area (Å²) >= 11 is 0. The molecule has 1 heterocycles. The van der Waals surface area contributed by atoms with E-state index in [9.17, 15) is 18.0 Å². The Morgan fingerprint density at radius 1 is 1.33 bits per heavy atom. The summed E-state index contributed by atoms with van der Waals surface area (Å²) in [5.41, 5.74) is -0.484. The molecular formula is C14H11F3N2O2. The first kappa shape index (κ1) is 15.2. The molecule has 0 aromatic heterocycles. The van der Waals surface area contributed by atoms with Crippen molar-refractivity contribution in [3.05, 3.63) is 35.4 Å². The Morgan fingerprint density at radius 3 is 2.48 bits per heavy atom. The molecule has 1 aliphatic rings. The molecule has 0 saturated heterocycles. The van der Waals surface area contributed by atoms with Gasteiger partial charge in [-0.05, 0) is 12.1 Å². The third-order valence-corrected chi connectivity index (χ3v) is 3.02. The molecule has 7 heteroatoms. The Balaban J connectivity index is 2.22. The van der Waals surface area contributed by atoms with E-state index in [0.29, 0.717) is 18.9 Å². The molecule has 21 heavy (non-hydrogen) atoms. The highest BCUT2D eigenvalue weighted by Crippen LogP contribution is 2.29. The van der Waals surface area contributed by atoms with Crippen LogP contribution >= 0.6 is 0 Å². The SMILES string of the molecule is N#CC(C(=O)c1ccc(C(F)(F)F)cc1)C1=NCCOC1. The number of carbonyl (C=O) groups excluding carboxylic acids is 1. The van der Waals surface area contributed by atoms with Gasteiger partial charge in [0, 0.05) is 5.56 Å². The third kappa shape index (κ3) is 3.47. The van der Waals surface area contributed by atoms with Crippen molar-refractivity contribution < 1.29 is 22.7 Å². The summed E-state index contributed by atoms with van der Waals surface area (Å²) in [5.74, 6) is -1.70. The van der Waals surface area contributed by atoms with Gasteiger partial charge in [-0.1, -0.05) is 12.1 Å². The van der Waals surface area contributed by atoms with Crippen LogP contribution < -0.4 is 0 Å². The van der Waals surface area contributed by atoms with Gasteiger partial charge >= 0.3 is 6.18 Å². The van der Waals surface area contributed by atoms with Crippen LogP contribution in [0.5, 0.6) is 0 Å². The van der Waals surface area contributed by atoms with Crippen molar-refractivity contribution in [2.75, 3.05) is 19.8 Å². The first-order valence-corrected chi connectivity index (χ1v) is 6.15. The van der Waals surface area contributed by atoms with Gasteiger partial charge in [0.2, 0.25) is 0 Å². The number of benzene rings is 1. The minimum atomic E-state index is -4.46. The standard InChI is InChI=1S/C14H11F3N2O2/c15-14(16,17)10-3-1-9(2-4-10)13(20)11(7-18)12-8-21-6-5-19-12/h1-4,11H,5-6,8H2. The van der Waals surface area contributed by atoms with Gasteiger partial charge in [-0.25, -0.2) is 0 Å². The normalized spacial score (nSPS) is 16.8. The predicted molar refractivity (Wildman–Crippen MR) is 68.0 cm³/mol. The summed E-state index contributed by atoms with van der Waals surface area (Å²) in [7, 11) is 0. The van der Waals surface area contributed by atoms with Gasteiger partial charge in [-0.15, -0.1) is 0 Å². The van der Waals surface area contributed by atoms with Crippen molar-refractivity contribution in [2.24, 2.45) is 10.9 Å². The lowest BCUT2D eigenvalue weighted by atomic mass is 9.93. The Kier molecular flexibility index (Phi) is 4.38. The monoisotopic (exact) mass is 296 g/mol. The molecule has 1 aromatic carbocycles. The van der Waals surface area contributed by atoms with E-state index in [1.807, 2.05) is 6.07 Å². The molecule has 2 rings (SSSR count). The van der Waals surface area contributed by atoms with Gasteiger partial charge in [-0.2, -0.15) is 18.4 Å². The molecule has 1 unspecified atom stereocenters. The van der Waals surface area contributed by atoms with Crippen LogP contribution in [0.25, 0.3) is 0 Å². The van der Waals surface area contributed by atoms with Crippen LogP contribution in [0.1, 0.15) is 15.9 Å². The zero-order valence-corrected chi connectivity index (χ0v) is 10.9. The van der Waals surface area contributed by atoms with Crippen LogP contribution in [-0.4, -0.2) is 31.3 Å². The lowest BCUT2D eigenvalue weighted by Gasteiger charge is -2.16. The average molecular weight is 296 g/mol. The highest BCUT2D eigenvalue weighted by atomic mass is 19.4. The number of ketones is 1. The molecule has 1 atom stereocenters. The maximum Gasteiger partial charge on any atom is 0.416 e. The molecule has 0 bridgehead atoms. The molecule has 1 aromatic rings. The Bertz CT molecular complexity index is 600. The quantitative estimate of drug-likeness (QED) is 0.805. The lowest BCUT2D eigenvalue weighted by molar-refractivity contribution is -0.137. The van der Waals surface area contributed by atoms with Gasteiger partial charge in [-0.3, -0.25) is 9.79 Å². The topological polar surface area (TPSA) is 62.5 Å². The lowest BCUT2D eigenvalue weighted by Crippen LogP contribution is -2.30. The molecule has 0 N–H and O–H groups in total. The average Bonchev–Trinajstić information content (AvgIpc) is 2.48. The number of nitriles is 1. The van der Waals surface area contributed by atoms with Crippen LogP contribution in [0.3, 0.4) is 0 Å².